The zero-order valence-electron chi connectivity index (χ0n) is 24.1. The zero-order valence-corrected chi connectivity index (χ0v) is 24.9. The van der Waals surface area contributed by atoms with Gasteiger partial charge in [0.1, 0.15) is 11.3 Å². The smallest absolute Gasteiger partial charge is 0.316 e. The summed E-state index contributed by atoms with van der Waals surface area (Å²) in [4.78, 5) is 38.5. The maximum Gasteiger partial charge on any atom is 0.316 e. The van der Waals surface area contributed by atoms with E-state index in [-0.39, 0.29) is 48.9 Å². The molecule has 14 heteroatoms. The van der Waals surface area contributed by atoms with Crippen molar-refractivity contribution in [2.75, 3.05) is 43.4 Å². The number of nitrogens with one attached hydrogen (secondary N) is 2. The molecule has 11 nitrogen and oxygen atoms in total. The van der Waals surface area contributed by atoms with E-state index in [4.69, 9.17) is 11.6 Å². The van der Waals surface area contributed by atoms with E-state index in [9.17, 15) is 23.5 Å². The number of nitrogens with zero attached hydrogens (tertiary/aromatic N) is 6. The van der Waals surface area contributed by atoms with E-state index >= 15 is 0 Å². The highest BCUT2D eigenvalue weighted by molar-refractivity contribution is 6.32. The fraction of sp³-hybridized carbons (Fsp3) is 0.571. The average Bonchev–Trinajstić information content (AvgIpc) is 3.35. The lowest BCUT2D eigenvalue weighted by atomic mass is 9.87. The Balaban J connectivity index is 1.40. The number of alkyl halides is 2. The molecule has 2 saturated heterocycles. The highest BCUT2D eigenvalue weighted by Crippen LogP contribution is 2.39. The summed E-state index contributed by atoms with van der Waals surface area (Å²) < 4.78 is 31.5. The Morgan fingerprint density at radius 2 is 1.83 bits per heavy atom. The van der Waals surface area contributed by atoms with Gasteiger partial charge in [-0.25, -0.2) is 13.8 Å². The summed E-state index contributed by atoms with van der Waals surface area (Å²) in [5.74, 6) is -3.95. The summed E-state index contributed by atoms with van der Waals surface area (Å²) in [6.45, 7) is 5.14. The van der Waals surface area contributed by atoms with Crippen LogP contribution in [0.1, 0.15) is 26.7 Å². The van der Waals surface area contributed by atoms with Gasteiger partial charge in [-0.15, -0.1) is 0 Å². The lowest BCUT2D eigenvalue weighted by molar-refractivity contribution is -0.105. The largest absolute Gasteiger partial charge is 0.379 e. The second-order valence-corrected chi connectivity index (χ2v) is 12.0. The summed E-state index contributed by atoms with van der Waals surface area (Å²) in [6.07, 6.45) is 1.73. The first-order chi connectivity index (χ1) is 19.8. The Hall–Kier alpha value is -3.13. The molecule has 42 heavy (non-hydrogen) atoms. The van der Waals surface area contributed by atoms with Gasteiger partial charge < -0.3 is 29.4 Å². The summed E-state index contributed by atoms with van der Waals surface area (Å²) in [7, 11) is 3.56. The van der Waals surface area contributed by atoms with E-state index in [1.807, 2.05) is 7.05 Å². The highest BCUT2D eigenvalue weighted by atomic mass is 35.5. The predicted octanol–water partition coefficient (Wildman–Crippen LogP) is 2.62. The van der Waals surface area contributed by atoms with Crippen molar-refractivity contribution in [1.29, 1.82) is 0 Å². The van der Waals surface area contributed by atoms with E-state index in [1.54, 1.807) is 23.1 Å². The Bertz CT molecular complexity index is 1570. The quantitative estimate of drug-likeness (QED) is 0.262. The number of likely N-dealkylation sites (N-methyl/N-ethyl adjacent to an activating group) is 1. The highest BCUT2D eigenvalue weighted by Gasteiger charge is 2.47. The van der Waals surface area contributed by atoms with Crippen molar-refractivity contribution in [1.82, 2.24) is 29.3 Å². The molecule has 2 aliphatic rings. The number of aliphatic hydroxyl groups is 1. The molecule has 4 atom stereocenters. The molecule has 2 aromatic heterocycles. The van der Waals surface area contributed by atoms with Gasteiger partial charge in [-0.3, -0.25) is 14.9 Å². The van der Waals surface area contributed by atoms with Crippen LogP contribution in [0.2, 0.25) is 5.02 Å². The van der Waals surface area contributed by atoms with Crippen LogP contribution in [-0.4, -0.2) is 80.5 Å². The molecule has 3 N–H and O–H groups in total. The first-order valence-corrected chi connectivity index (χ1v) is 14.5. The second kappa shape index (κ2) is 11.9. The second-order valence-electron chi connectivity index (χ2n) is 11.6. The first kappa shape index (κ1) is 30.3. The third kappa shape index (κ3) is 6.01. The van der Waals surface area contributed by atoms with Gasteiger partial charge in [0.25, 0.3) is 5.92 Å². The Morgan fingerprint density at radius 1 is 1.12 bits per heavy atom. The Kier molecular flexibility index (Phi) is 8.57. The summed E-state index contributed by atoms with van der Waals surface area (Å²) in [5, 5.41) is 17.2. The number of aliphatic hydroxyl groups excluding tert-OH is 1. The van der Waals surface area contributed by atoms with Crippen molar-refractivity contribution < 1.29 is 13.9 Å². The first-order valence-electron chi connectivity index (χ1n) is 14.1. The molecule has 0 spiro atoms. The minimum atomic E-state index is -2.77. The number of aryl methyl sites for hydroxylation is 2. The molecule has 2 unspecified atom stereocenters. The molecular weight excluding hydrogens is 570 g/mol. The molecule has 3 aromatic rings. The molecular formula is C28H37ClF2N8O3. The van der Waals surface area contributed by atoms with Crippen LogP contribution in [0.15, 0.2) is 34.0 Å². The fourth-order valence-corrected chi connectivity index (χ4v) is 5.98. The SMILES string of the molecule is C[C@@H]1CN(c2ncc(Cl)c(Nc3ccc4c(c3)n(CCC(O)NC3CCN(C)C3)c(=O)c(=O)n4C)n2)C[C@H](C)C1(F)F. The monoisotopic (exact) mass is 606 g/mol. The molecule has 228 valence electrons. The summed E-state index contributed by atoms with van der Waals surface area (Å²) in [6, 6.07) is 5.32. The molecule has 0 saturated carbocycles. The van der Waals surface area contributed by atoms with E-state index in [0.717, 1.165) is 19.5 Å². The third-order valence-electron chi connectivity index (χ3n) is 8.39. The van der Waals surface area contributed by atoms with Crippen LogP contribution < -0.4 is 26.7 Å². The molecule has 1 aromatic carbocycles. The van der Waals surface area contributed by atoms with E-state index in [1.165, 1.54) is 36.2 Å². The van der Waals surface area contributed by atoms with Crippen LogP contribution in [0, 0.1) is 11.8 Å². The van der Waals surface area contributed by atoms with E-state index < -0.39 is 35.1 Å². The number of benzene rings is 1. The lowest BCUT2D eigenvalue weighted by Gasteiger charge is -2.41. The van der Waals surface area contributed by atoms with Crippen LogP contribution in [0.25, 0.3) is 11.0 Å². The van der Waals surface area contributed by atoms with Crippen molar-refractivity contribution in [3.05, 3.63) is 50.1 Å². The number of aromatic nitrogens is 4. The Morgan fingerprint density at radius 3 is 2.50 bits per heavy atom. The maximum atomic E-state index is 14.4. The van der Waals surface area contributed by atoms with Crippen molar-refractivity contribution in [3.63, 3.8) is 0 Å². The van der Waals surface area contributed by atoms with Crippen LogP contribution in [-0.2, 0) is 13.6 Å². The van der Waals surface area contributed by atoms with Crippen LogP contribution in [0.5, 0.6) is 0 Å². The minimum Gasteiger partial charge on any atom is -0.379 e. The molecule has 2 fully saturated rings. The van der Waals surface area contributed by atoms with Gasteiger partial charge in [-0.2, -0.15) is 4.98 Å². The van der Waals surface area contributed by atoms with Crippen molar-refractivity contribution in [2.24, 2.45) is 18.9 Å². The van der Waals surface area contributed by atoms with Gasteiger partial charge in [0.15, 0.2) is 5.82 Å². The standard InChI is InChI=1S/C28H37ClF2N8O3/c1-16-13-38(14-17(2)28(16,30)31)27-32-12-20(29)24(35-27)34-18-5-6-21-22(11-18)39(26(42)25(41)37(21)4)10-8-23(40)33-19-7-9-36(3)15-19/h5-6,11-12,16-17,19,23,33,40H,7-10,13-15H2,1-4H3,(H,32,34,35)/t16-,17+,19?,23?. The minimum absolute atomic E-state index is 0.104. The Labute approximate surface area is 247 Å². The summed E-state index contributed by atoms with van der Waals surface area (Å²) >= 11 is 6.41. The average molecular weight is 607 g/mol. The van der Waals surface area contributed by atoms with E-state index in [2.05, 4.69) is 25.5 Å². The number of fused-ring (bicyclic) bond motifs is 1. The number of piperidine rings is 1. The predicted molar refractivity (Wildman–Crippen MR) is 159 cm³/mol. The number of hydrogen-bond acceptors (Lipinski definition) is 9. The topological polar surface area (TPSA) is 121 Å². The van der Waals surface area contributed by atoms with Gasteiger partial charge in [0.05, 0.1) is 17.2 Å². The third-order valence-corrected chi connectivity index (χ3v) is 8.66. The molecule has 0 amide bonds. The van der Waals surface area contributed by atoms with Gasteiger partial charge in [-0.1, -0.05) is 25.4 Å². The van der Waals surface area contributed by atoms with Crippen molar-refractivity contribution in [2.45, 2.75) is 51.4 Å². The number of likely N-dealkylation sites (tertiary alicyclic amines) is 1. The molecule has 0 aliphatic carbocycles. The van der Waals surface area contributed by atoms with Crippen LogP contribution in [0.4, 0.5) is 26.2 Å². The van der Waals surface area contributed by atoms with Crippen LogP contribution >= 0.6 is 11.6 Å². The van der Waals surface area contributed by atoms with Crippen molar-refractivity contribution in [3.8, 4) is 0 Å². The molecule has 0 radical (unpaired) electrons. The van der Waals surface area contributed by atoms with E-state index in [0.29, 0.717) is 16.7 Å². The van der Waals surface area contributed by atoms with Gasteiger partial charge >= 0.3 is 11.1 Å². The normalized spacial score (nSPS) is 23.4. The van der Waals surface area contributed by atoms with Gasteiger partial charge in [-0.05, 0) is 38.2 Å². The molecule has 4 heterocycles. The van der Waals surface area contributed by atoms with Crippen LogP contribution in [0.3, 0.4) is 0 Å². The molecule has 0 bridgehead atoms. The lowest BCUT2D eigenvalue weighted by Crippen LogP contribution is -2.52. The molecule has 2 aliphatic heterocycles. The molecule has 5 rings (SSSR count). The summed E-state index contributed by atoms with van der Waals surface area (Å²) in [5.41, 5.74) is 0.216. The van der Waals surface area contributed by atoms with Gasteiger partial charge in [0.2, 0.25) is 5.95 Å². The number of anilines is 3. The maximum absolute atomic E-state index is 14.4. The number of hydrogen-bond donors (Lipinski definition) is 3. The fourth-order valence-electron chi connectivity index (χ4n) is 5.84. The number of rotatable bonds is 8. The van der Waals surface area contributed by atoms with Crippen molar-refractivity contribution >= 4 is 40.1 Å². The van der Waals surface area contributed by atoms with Gasteiger partial charge in [0, 0.05) is 63.2 Å². The zero-order chi connectivity index (χ0) is 30.3. The number of halogens is 3.